The molecule has 1 rings (SSSR count). The first-order valence-electron chi connectivity index (χ1n) is 3.13. The summed E-state index contributed by atoms with van der Waals surface area (Å²) in [5.41, 5.74) is 0.123. The van der Waals surface area contributed by atoms with Gasteiger partial charge in [0.15, 0.2) is 0 Å². The highest BCUT2D eigenvalue weighted by Crippen LogP contribution is 2.29. The van der Waals surface area contributed by atoms with Crippen molar-refractivity contribution in [2.24, 2.45) is 0 Å². The van der Waals surface area contributed by atoms with Gasteiger partial charge in [-0.3, -0.25) is 0 Å². The van der Waals surface area contributed by atoms with Gasteiger partial charge in [0.25, 0.3) is 6.43 Å². The maximum atomic E-state index is 12.2. The monoisotopic (exact) mass is 211 g/mol. The van der Waals surface area contributed by atoms with Gasteiger partial charge in [-0.1, -0.05) is 23.2 Å². The van der Waals surface area contributed by atoms with Gasteiger partial charge < -0.3 is 0 Å². The van der Waals surface area contributed by atoms with Crippen LogP contribution < -0.4 is 0 Å². The molecule has 0 radical (unpaired) electrons. The van der Waals surface area contributed by atoms with Crippen LogP contribution >= 0.6 is 23.2 Å². The molecule has 0 bridgehead atoms. The molecule has 0 aromatic carbocycles. The minimum atomic E-state index is -2.64. The van der Waals surface area contributed by atoms with Crippen LogP contribution in [0.25, 0.3) is 0 Å². The molecule has 0 aliphatic heterocycles. The highest BCUT2D eigenvalue weighted by atomic mass is 35.5. The van der Waals surface area contributed by atoms with Crippen molar-refractivity contribution < 1.29 is 8.78 Å². The minimum Gasteiger partial charge on any atom is -0.239 e. The summed E-state index contributed by atoms with van der Waals surface area (Å²) in [6, 6.07) is 1.14. The molecule has 1 aromatic rings. The second-order valence-electron chi connectivity index (χ2n) is 2.24. The molecular formula is C7H5Cl2F2N. The van der Waals surface area contributed by atoms with E-state index in [0.29, 0.717) is 5.69 Å². The van der Waals surface area contributed by atoms with Crippen molar-refractivity contribution in [2.75, 3.05) is 0 Å². The fourth-order valence-electron chi connectivity index (χ4n) is 0.719. The van der Waals surface area contributed by atoms with Crippen molar-refractivity contribution >= 4 is 23.2 Å². The maximum Gasteiger partial charge on any atom is 0.266 e. The van der Waals surface area contributed by atoms with Gasteiger partial charge in [0.1, 0.15) is 5.15 Å². The Hall–Kier alpha value is -0.410. The Morgan fingerprint density at radius 3 is 2.50 bits per heavy atom. The van der Waals surface area contributed by atoms with Crippen LogP contribution in [0.1, 0.15) is 17.7 Å². The van der Waals surface area contributed by atoms with Gasteiger partial charge in [-0.25, -0.2) is 13.8 Å². The molecule has 0 saturated carbocycles. The number of rotatable bonds is 1. The lowest BCUT2D eigenvalue weighted by Gasteiger charge is -2.04. The normalized spacial score (nSPS) is 10.8. The molecule has 0 N–H and O–H groups in total. The molecule has 0 unspecified atom stereocenters. The topological polar surface area (TPSA) is 12.9 Å². The molecular weight excluding hydrogens is 207 g/mol. The van der Waals surface area contributed by atoms with Crippen molar-refractivity contribution in [1.82, 2.24) is 4.98 Å². The van der Waals surface area contributed by atoms with Gasteiger partial charge in [-0.05, 0) is 13.0 Å². The Bertz CT molecular complexity index is 302. The molecule has 0 aliphatic carbocycles. The third-order valence-corrected chi connectivity index (χ3v) is 2.05. The highest BCUT2D eigenvalue weighted by Gasteiger charge is 2.14. The molecule has 0 amide bonds. The molecule has 5 heteroatoms. The summed E-state index contributed by atoms with van der Waals surface area (Å²) < 4.78 is 24.3. The van der Waals surface area contributed by atoms with Crippen LogP contribution in [-0.2, 0) is 0 Å². The molecule has 1 nitrogen and oxygen atoms in total. The van der Waals surface area contributed by atoms with Crippen molar-refractivity contribution in [3.63, 3.8) is 0 Å². The number of halogens is 4. The van der Waals surface area contributed by atoms with E-state index in [1.165, 1.54) is 0 Å². The van der Waals surface area contributed by atoms with Crippen LogP contribution in [0.5, 0.6) is 0 Å². The standard InChI is InChI=1S/C7H5Cl2F2N/c1-3-5(8)2-4(7(10)11)6(9)12-3/h2,7H,1H3. The number of nitrogens with zero attached hydrogens (tertiary/aromatic N) is 1. The Labute approximate surface area is 78.3 Å². The molecule has 0 atom stereocenters. The van der Waals surface area contributed by atoms with Gasteiger partial charge in [-0.2, -0.15) is 0 Å². The van der Waals surface area contributed by atoms with E-state index in [9.17, 15) is 8.78 Å². The summed E-state index contributed by atoms with van der Waals surface area (Å²) in [5.74, 6) is 0. The smallest absolute Gasteiger partial charge is 0.239 e. The number of alkyl halides is 2. The third-order valence-electron chi connectivity index (χ3n) is 1.37. The van der Waals surface area contributed by atoms with Gasteiger partial charge in [0, 0.05) is 0 Å². The second kappa shape index (κ2) is 3.54. The highest BCUT2D eigenvalue weighted by molar-refractivity contribution is 6.33. The Morgan fingerprint density at radius 2 is 2.00 bits per heavy atom. The molecule has 0 aliphatic rings. The van der Waals surface area contributed by atoms with E-state index in [1.807, 2.05) is 0 Å². The third kappa shape index (κ3) is 1.84. The van der Waals surface area contributed by atoms with Crippen LogP contribution in [-0.4, -0.2) is 4.98 Å². The van der Waals surface area contributed by atoms with Crippen LogP contribution in [0.3, 0.4) is 0 Å². The molecule has 1 aromatic heterocycles. The maximum absolute atomic E-state index is 12.2. The summed E-state index contributed by atoms with van der Waals surface area (Å²) in [5, 5.41) is 0.0154. The Kier molecular flexibility index (Phi) is 2.85. The zero-order chi connectivity index (χ0) is 9.30. The number of pyridine rings is 1. The van der Waals surface area contributed by atoms with Crippen molar-refractivity contribution in [3.05, 3.63) is 27.5 Å². The van der Waals surface area contributed by atoms with Gasteiger partial charge in [-0.15, -0.1) is 0 Å². The first-order valence-corrected chi connectivity index (χ1v) is 3.88. The average Bonchev–Trinajstić information content (AvgIpc) is 1.96. The molecule has 0 saturated heterocycles. The molecule has 12 heavy (non-hydrogen) atoms. The van der Waals surface area contributed by atoms with Crippen molar-refractivity contribution in [1.29, 1.82) is 0 Å². The lowest BCUT2D eigenvalue weighted by atomic mass is 10.2. The van der Waals surface area contributed by atoms with Crippen molar-refractivity contribution in [3.8, 4) is 0 Å². The van der Waals surface area contributed by atoms with E-state index in [0.717, 1.165) is 6.07 Å². The van der Waals surface area contributed by atoms with Crippen LogP contribution in [0.4, 0.5) is 8.78 Å². The number of aromatic nitrogens is 1. The lowest BCUT2D eigenvalue weighted by molar-refractivity contribution is 0.151. The van der Waals surface area contributed by atoms with Gasteiger partial charge in [0.2, 0.25) is 0 Å². The molecule has 0 spiro atoms. The number of hydrogen-bond donors (Lipinski definition) is 0. The zero-order valence-electron chi connectivity index (χ0n) is 6.11. The molecule has 1 heterocycles. The Balaban J connectivity index is 3.23. The Morgan fingerprint density at radius 1 is 1.42 bits per heavy atom. The quantitative estimate of drug-likeness (QED) is 0.647. The summed E-state index contributed by atoms with van der Waals surface area (Å²) in [6.45, 7) is 1.60. The van der Waals surface area contributed by atoms with Crippen LogP contribution in [0.15, 0.2) is 6.07 Å². The SMILES string of the molecule is Cc1nc(Cl)c(C(F)F)cc1Cl. The first kappa shape index (κ1) is 9.68. The van der Waals surface area contributed by atoms with Crippen LogP contribution in [0.2, 0.25) is 10.2 Å². The summed E-state index contributed by atoms with van der Waals surface area (Å²) >= 11 is 11.0. The molecule has 66 valence electrons. The van der Waals surface area contributed by atoms with E-state index in [2.05, 4.69) is 4.98 Å². The number of hydrogen-bond acceptors (Lipinski definition) is 1. The second-order valence-corrected chi connectivity index (χ2v) is 3.00. The fraction of sp³-hybridized carbons (Fsp3) is 0.286. The fourth-order valence-corrected chi connectivity index (χ4v) is 1.14. The zero-order valence-corrected chi connectivity index (χ0v) is 7.63. The van der Waals surface area contributed by atoms with Crippen molar-refractivity contribution in [2.45, 2.75) is 13.3 Å². The van der Waals surface area contributed by atoms with E-state index in [-0.39, 0.29) is 15.7 Å². The number of aryl methyl sites for hydroxylation is 1. The van der Waals surface area contributed by atoms with Gasteiger partial charge >= 0.3 is 0 Å². The summed E-state index contributed by atoms with van der Waals surface area (Å²) in [6.07, 6.45) is -2.64. The van der Waals surface area contributed by atoms with Crippen LogP contribution in [0, 0.1) is 6.92 Å². The first-order chi connectivity index (χ1) is 5.52. The van der Waals surface area contributed by atoms with E-state index in [1.54, 1.807) is 6.92 Å². The van der Waals surface area contributed by atoms with E-state index in [4.69, 9.17) is 23.2 Å². The average molecular weight is 212 g/mol. The minimum absolute atomic E-state index is 0.188. The summed E-state index contributed by atoms with van der Waals surface area (Å²) in [4.78, 5) is 3.65. The van der Waals surface area contributed by atoms with E-state index < -0.39 is 6.43 Å². The predicted molar refractivity (Wildman–Crippen MR) is 44.0 cm³/mol. The van der Waals surface area contributed by atoms with E-state index >= 15 is 0 Å². The largest absolute Gasteiger partial charge is 0.266 e. The molecule has 0 fully saturated rings. The lowest BCUT2D eigenvalue weighted by Crippen LogP contribution is -1.92. The van der Waals surface area contributed by atoms with Gasteiger partial charge in [0.05, 0.1) is 16.3 Å². The summed E-state index contributed by atoms with van der Waals surface area (Å²) in [7, 11) is 0. The predicted octanol–water partition coefficient (Wildman–Crippen LogP) is 3.63.